The molecule has 1 rings (SSSR count). The molecule has 0 radical (unpaired) electrons. The van der Waals surface area contributed by atoms with Gasteiger partial charge in [0.2, 0.25) is 5.88 Å². The van der Waals surface area contributed by atoms with Gasteiger partial charge in [0, 0.05) is 12.7 Å². The maximum absolute atomic E-state index is 11.6. The second-order valence-corrected chi connectivity index (χ2v) is 3.75. The van der Waals surface area contributed by atoms with Crippen molar-refractivity contribution in [2.75, 3.05) is 13.2 Å². The fourth-order valence-electron chi connectivity index (χ4n) is 1.17. The van der Waals surface area contributed by atoms with Crippen molar-refractivity contribution in [3.63, 3.8) is 0 Å². The number of amides is 1. The van der Waals surface area contributed by atoms with Gasteiger partial charge in [-0.3, -0.25) is 9.59 Å². The zero-order valence-electron chi connectivity index (χ0n) is 9.77. The van der Waals surface area contributed by atoms with E-state index in [9.17, 15) is 9.59 Å². The SMILES string of the molecule is CCOC(=O)CCNC(=O)c1cnc(O)c(Cl)c1. The van der Waals surface area contributed by atoms with Gasteiger partial charge in [-0.15, -0.1) is 0 Å². The van der Waals surface area contributed by atoms with Gasteiger partial charge in [0.25, 0.3) is 5.91 Å². The molecule has 18 heavy (non-hydrogen) atoms. The summed E-state index contributed by atoms with van der Waals surface area (Å²) in [5, 5.41) is 11.6. The largest absolute Gasteiger partial charge is 0.492 e. The summed E-state index contributed by atoms with van der Waals surface area (Å²) < 4.78 is 4.71. The summed E-state index contributed by atoms with van der Waals surface area (Å²) >= 11 is 5.62. The molecule has 0 saturated carbocycles. The van der Waals surface area contributed by atoms with E-state index in [2.05, 4.69) is 10.3 Å². The predicted octanol–water partition coefficient (Wildman–Crippen LogP) is 1.12. The van der Waals surface area contributed by atoms with Crippen LogP contribution < -0.4 is 5.32 Å². The van der Waals surface area contributed by atoms with E-state index in [-0.39, 0.29) is 35.4 Å². The van der Waals surface area contributed by atoms with Gasteiger partial charge >= 0.3 is 5.97 Å². The third kappa shape index (κ3) is 4.21. The van der Waals surface area contributed by atoms with Crippen molar-refractivity contribution < 1.29 is 19.4 Å². The van der Waals surface area contributed by atoms with Gasteiger partial charge in [-0.1, -0.05) is 11.6 Å². The van der Waals surface area contributed by atoms with E-state index in [0.717, 1.165) is 0 Å². The first-order chi connectivity index (χ1) is 8.54. The number of hydrogen-bond donors (Lipinski definition) is 2. The van der Waals surface area contributed by atoms with Crippen LogP contribution in [0, 0.1) is 0 Å². The minimum Gasteiger partial charge on any atom is -0.492 e. The number of aromatic nitrogens is 1. The van der Waals surface area contributed by atoms with E-state index >= 15 is 0 Å². The number of ether oxygens (including phenoxy) is 1. The molecule has 0 aliphatic carbocycles. The molecule has 1 aromatic heterocycles. The van der Waals surface area contributed by atoms with Gasteiger partial charge in [0.1, 0.15) is 5.02 Å². The Morgan fingerprint density at radius 3 is 2.89 bits per heavy atom. The van der Waals surface area contributed by atoms with Crippen LogP contribution in [0.25, 0.3) is 0 Å². The maximum atomic E-state index is 11.6. The fourth-order valence-corrected chi connectivity index (χ4v) is 1.33. The number of nitrogens with zero attached hydrogens (tertiary/aromatic N) is 1. The Hall–Kier alpha value is -1.82. The quantitative estimate of drug-likeness (QED) is 0.784. The van der Waals surface area contributed by atoms with Crippen molar-refractivity contribution in [1.29, 1.82) is 0 Å². The molecule has 6 nitrogen and oxygen atoms in total. The van der Waals surface area contributed by atoms with Gasteiger partial charge in [-0.05, 0) is 13.0 Å². The van der Waals surface area contributed by atoms with Crippen molar-refractivity contribution >= 4 is 23.5 Å². The monoisotopic (exact) mass is 272 g/mol. The minimum absolute atomic E-state index is 0.00644. The molecule has 1 amide bonds. The van der Waals surface area contributed by atoms with Crippen LogP contribution in [0.15, 0.2) is 12.3 Å². The Balaban J connectivity index is 2.45. The van der Waals surface area contributed by atoms with Gasteiger partial charge in [-0.2, -0.15) is 0 Å². The van der Waals surface area contributed by atoms with E-state index in [1.54, 1.807) is 6.92 Å². The normalized spacial score (nSPS) is 9.89. The molecular weight excluding hydrogens is 260 g/mol. The summed E-state index contributed by atoms with van der Waals surface area (Å²) in [6.07, 6.45) is 1.29. The number of aromatic hydroxyl groups is 1. The van der Waals surface area contributed by atoms with Crippen LogP contribution in [-0.4, -0.2) is 35.1 Å². The van der Waals surface area contributed by atoms with Crippen molar-refractivity contribution in [3.8, 4) is 5.88 Å². The number of carbonyl (C=O) groups is 2. The lowest BCUT2D eigenvalue weighted by Gasteiger charge is -2.05. The lowest BCUT2D eigenvalue weighted by Crippen LogP contribution is -2.26. The number of hydrogen-bond acceptors (Lipinski definition) is 5. The average molecular weight is 273 g/mol. The van der Waals surface area contributed by atoms with Crippen molar-refractivity contribution in [2.24, 2.45) is 0 Å². The summed E-state index contributed by atoms with van der Waals surface area (Å²) in [7, 11) is 0. The Kier molecular flexibility index (Phi) is 5.38. The van der Waals surface area contributed by atoms with Gasteiger partial charge in [0.05, 0.1) is 18.6 Å². The van der Waals surface area contributed by atoms with E-state index in [4.69, 9.17) is 21.4 Å². The molecule has 0 spiro atoms. The summed E-state index contributed by atoms with van der Waals surface area (Å²) in [6, 6.07) is 1.30. The number of nitrogens with one attached hydrogen (secondary N) is 1. The predicted molar refractivity (Wildman–Crippen MR) is 64.5 cm³/mol. The third-order valence-electron chi connectivity index (χ3n) is 2.00. The molecule has 0 aliphatic rings. The molecule has 7 heteroatoms. The Morgan fingerprint density at radius 1 is 1.56 bits per heavy atom. The molecule has 0 saturated heterocycles. The maximum Gasteiger partial charge on any atom is 0.307 e. The van der Waals surface area contributed by atoms with Crippen LogP contribution in [0.4, 0.5) is 0 Å². The lowest BCUT2D eigenvalue weighted by molar-refractivity contribution is -0.142. The molecular formula is C11H13ClN2O4. The number of rotatable bonds is 5. The molecule has 0 aliphatic heterocycles. The second kappa shape index (κ2) is 6.80. The molecule has 0 aromatic carbocycles. The van der Waals surface area contributed by atoms with Crippen LogP contribution >= 0.6 is 11.6 Å². The first-order valence-electron chi connectivity index (χ1n) is 5.33. The molecule has 2 N–H and O–H groups in total. The average Bonchev–Trinajstić information content (AvgIpc) is 2.33. The van der Waals surface area contributed by atoms with E-state index in [1.807, 2.05) is 0 Å². The highest BCUT2D eigenvalue weighted by molar-refractivity contribution is 6.32. The zero-order chi connectivity index (χ0) is 13.5. The van der Waals surface area contributed by atoms with E-state index < -0.39 is 5.91 Å². The number of esters is 1. The molecule has 98 valence electrons. The van der Waals surface area contributed by atoms with Crippen LogP contribution in [-0.2, 0) is 9.53 Å². The first kappa shape index (κ1) is 14.2. The van der Waals surface area contributed by atoms with Gasteiger partial charge in [0.15, 0.2) is 0 Å². The van der Waals surface area contributed by atoms with E-state index in [0.29, 0.717) is 6.61 Å². The van der Waals surface area contributed by atoms with Crippen molar-refractivity contribution in [3.05, 3.63) is 22.8 Å². The minimum atomic E-state index is -0.423. The summed E-state index contributed by atoms with van der Waals surface area (Å²) in [5.74, 6) is -1.13. The molecule has 0 bridgehead atoms. The van der Waals surface area contributed by atoms with Crippen LogP contribution in [0.1, 0.15) is 23.7 Å². The summed E-state index contributed by atoms with van der Waals surface area (Å²) in [5.41, 5.74) is 0.210. The molecule has 1 aromatic rings. The fraction of sp³-hybridized carbons (Fsp3) is 0.364. The summed E-state index contributed by atoms with van der Waals surface area (Å²) in [6.45, 7) is 2.18. The highest BCUT2D eigenvalue weighted by Gasteiger charge is 2.10. The number of pyridine rings is 1. The topological polar surface area (TPSA) is 88.5 Å². The van der Waals surface area contributed by atoms with E-state index in [1.165, 1.54) is 12.3 Å². The number of halogens is 1. The Morgan fingerprint density at radius 2 is 2.28 bits per heavy atom. The van der Waals surface area contributed by atoms with Crippen molar-refractivity contribution in [2.45, 2.75) is 13.3 Å². The first-order valence-corrected chi connectivity index (χ1v) is 5.70. The Labute approximate surface area is 109 Å². The molecule has 0 fully saturated rings. The smallest absolute Gasteiger partial charge is 0.307 e. The highest BCUT2D eigenvalue weighted by atomic mass is 35.5. The standard InChI is InChI=1S/C11H13ClN2O4/c1-2-18-9(15)3-4-13-10(16)7-5-8(12)11(17)14-6-7/h5-6H,2-4H2,1H3,(H,13,16)(H,14,17). The molecule has 0 unspecified atom stereocenters. The van der Waals surface area contributed by atoms with Gasteiger partial charge < -0.3 is 15.2 Å². The number of carbonyl (C=O) groups excluding carboxylic acids is 2. The zero-order valence-corrected chi connectivity index (χ0v) is 10.5. The van der Waals surface area contributed by atoms with Crippen molar-refractivity contribution in [1.82, 2.24) is 10.3 Å². The lowest BCUT2D eigenvalue weighted by atomic mass is 10.2. The third-order valence-corrected chi connectivity index (χ3v) is 2.28. The Bertz CT molecular complexity index is 451. The highest BCUT2D eigenvalue weighted by Crippen LogP contribution is 2.20. The molecule has 1 heterocycles. The van der Waals surface area contributed by atoms with Crippen LogP contribution in [0.2, 0.25) is 5.02 Å². The van der Waals surface area contributed by atoms with Crippen LogP contribution in [0.5, 0.6) is 5.88 Å². The van der Waals surface area contributed by atoms with Gasteiger partial charge in [-0.25, -0.2) is 4.98 Å². The molecule has 0 atom stereocenters. The van der Waals surface area contributed by atoms with Crippen LogP contribution in [0.3, 0.4) is 0 Å². The summed E-state index contributed by atoms with van der Waals surface area (Å²) in [4.78, 5) is 26.2. The second-order valence-electron chi connectivity index (χ2n) is 3.34.